The lowest BCUT2D eigenvalue weighted by Crippen LogP contribution is -2.45. The maximum absolute atomic E-state index is 12.6. The van der Waals surface area contributed by atoms with Crippen LogP contribution in [0.5, 0.6) is 0 Å². The largest absolute Gasteiger partial charge is 0.340 e. The van der Waals surface area contributed by atoms with E-state index in [2.05, 4.69) is 27.8 Å². The highest BCUT2D eigenvalue weighted by atomic mass is 79.9. The molecule has 0 spiro atoms. The summed E-state index contributed by atoms with van der Waals surface area (Å²) >= 11 is 3.43. The van der Waals surface area contributed by atoms with Crippen molar-refractivity contribution >= 4 is 34.2 Å². The van der Waals surface area contributed by atoms with Gasteiger partial charge in [-0.25, -0.2) is 0 Å². The van der Waals surface area contributed by atoms with Crippen LogP contribution in [0.1, 0.15) is 25.8 Å². The van der Waals surface area contributed by atoms with Gasteiger partial charge < -0.3 is 10.6 Å². The van der Waals surface area contributed by atoms with E-state index in [0.29, 0.717) is 13.1 Å². The molecule has 1 aromatic carbocycles. The van der Waals surface area contributed by atoms with Crippen molar-refractivity contribution < 1.29 is 4.79 Å². The first-order valence-corrected chi connectivity index (χ1v) is 8.57. The molecule has 6 heteroatoms. The Bertz CT molecular complexity index is 525. The normalized spacial score (nSPS) is 22.5. The highest BCUT2D eigenvalue weighted by Crippen LogP contribution is 2.30. The minimum atomic E-state index is -0.0891. The molecule has 130 valence electrons. The smallest absolute Gasteiger partial charge is 0.239 e. The lowest BCUT2D eigenvalue weighted by Gasteiger charge is -2.29. The van der Waals surface area contributed by atoms with Crippen LogP contribution in [-0.4, -0.2) is 48.4 Å². The highest BCUT2D eigenvalue weighted by molar-refractivity contribution is 9.10. The number of likely N-dealkylation sites (tertiary alicyclic amines) is 1. The molecule has 1 fully saturated rings. The molecule has 0 aromatic heterocycles. The number of rotatable bonds is 5. The zero-order valence-corrected chi connectivity index (χ0v) is 16.5. The minimum Gasteiger partial charge on any atom is -0.340 e. The Morgan fingerprint density at radius 2 is 2.04 bits per heavy atom. The molecule has 2 N–H and O–H groups in total. The van der Waals surface area contributed by atoms with Crippen LogP contribution in [0, 0.1) is 5.41 Å². The van der Waals surface area contributed by atoms with E-state index in [4.69, 9.17) is 5.73 Å². The molecular weight excluding hydrogens is 378 g/mol. The minimum absolute atomic E-state index is 0. The first-order valence-electron chi connectivity index (χ1n) is 7.78. The van der Waals surface area contributed by atoms with Crippen molar-refractivity contribution in [3.8, 4) is 0 Å². The molecule has 2 unspecified atom stereocenters. The number of amides is 1. The molecule has 1 saturated heterocycles. The molecule has 4 nitrogen and oxygen atoms in total. The second-order valence-corrected chi connectivity index (χ2v) is 7.65. The molecule has 1 aliphatic heterocycles. The summed E-state index contributed by atoms with van der Waals surface area (Å²) in [4.78, 5) is 16.7. The van der Waals surface area contributed by atoms with Crippen LogP contribution in [0.3, 0.4) is 0 Å². The van der Waals surface area contributed by atoms with Gasteiger partial charge in [-0.05, 0) is 49.5 Å². The predicted molar refractivity (Wildman–Crippen MR) is 101 cm³/mol. The molecule has 2 atom stereocenters. The van der Waals surface area contributed by atoms with Crippen LogP contribution in [-0.2, 0) is 11.3 Å². The van der Waals surface area contributed by atoms with E-state index in [1.807, 2.05) is 43.1 Å². The summed E-state index contributed by atoms with van der Waals surface area (Å²) in [6.07, 6.45) is 1.07. The van der Waals surface area contributed by atoms with Crippen molar-refractivity contribution in [2.45, 2.75) is 32.9 Å². The van der Waals surface area contributed by atoms with Crippen LogP contribution in [0.25, 0.3) is 0 Å². The lowest BCUT2D eigenvalue weighted by atomic mass is 9.90. The summed E-state index contributed by atoms with van der Waals surface area (Å²) in [5, 5.41) is 0. The van der Waals surface area contributed by atoms with Gasteiger partial charge in [-0.2, -0.15) is 0 Å². The number of likely N-dealkylation sites (N-methyl/N-ethyl adjacent to an activating group) is 1. The van der Waals surface area contributed by atoms with Gasteiger partial charge >= 0.3 is 0 Å². The van der Waals surface area contributed by atoms with E-state index in [-0.39, 0.29) is 29.8 Å². The number of nitrogens with two attached hydrogens (primary N) is 1. The summed E-state index contributed by atoms with van der Waals surface area (Å²) in [5.74, 6) is 0.171. The molecule has 0 radical (unpaired) electrons. The zero-order chi connectivity index (χ0) is 16.3. The standard InChI is InChI=1S/C17H26BrN3O.ClH/c1-13(21-9-8-17(2,11-19)12-21)16(22)20(3)10-14-4-6-15(18)7-5-14;/h4-7,13H,8-12,19H2,1-3H3;1H. The Labute approximate surface area is 153 Å². The van der Waals surface area contributed by atoms with E-state index in [0.717, 1.165) is 29.5 Å². The molecule has 0 bridgehead atoms. The van der Waals surface area contributed by atoms with Crippen LogP contribution in [0.2, 0.25) is 0 Å². The average molecular weight is 405 g/mol. The summed E-state index contributed by atoms with van der Waals surface area (Å²) in [5.41, 5.74) is 7.14. The lowest BCUT2D eigenvalue weighted by molar-refractivity contribution is -0.135. The van der Waals surface area contributed by atoms with Gasteiger partial charge in [0.1, 0.15) is 0 Å². The van der Waals surface area contributed by atoms with Crippen LogP contribution >= 0.6 is 28.3 Å². The molecule has 23 heavy (non-hydrogen) atoms. The SMILES string of the molecule is CC(C(=O)N(C)Cc1ccc(Br)cc1)N1CCC(C)(CN)C1.Cl. The van der Waals surface area contributed by atoms with Gasteiger partial charge in [0.25, 0.3) is 0 Å². The molecule has 1 aliphatic rings. The monoisotopic (exact) mass is 403 g/mol. The van der Waals surface area contributed by atoms with Gasteiger partial charge in [0.15, 0.2) is 0 Å². The number of carbonyl (C=O) groups excluding carboxylic acids is 1. The van der Waals surface area contributed by atoms with E-state index in [1.165, 1.54) is 0 Å². The fourth-order valence-corrected chi connectivity index (χ4v) is 3.24. The van der Waals surface area contributed by atoms with E-state index in [9.17, 15) is 4.79 Å². The summed E-state index contributed by atoms with van der Waals surface area (Å²) < 4.78 is 1.05. The first-order chi connectivity index (χ1) is 10.3. The number of hydrogen-bond acceptors (Lipinski definition) is 3. The molecule has 1 heterocycles. The van der Waals surface area contributed by atoms with Gasteiger partial charge in [0, 0.05) is 24.6 Å². The summed E-state index contributed by atoms with van der Waals surface area (Å²) in [6, 6.07) is 8.00. The fraction of sp³-hybridized carbons (Fsp3) is 0.588. The summed E-state index contributed by atoms with van der Waals surface area (Å²) in [6.45, 7) is 7.38. The molecule has 2 rings (SSSR count). The van der Waals surface area contributed by atoms with E-state index < -0.39 is 0 Å². The Kier molecular flexibility index (Phi) is 7.52. The third-order valence-corrected chi connectivity index (χ3v) is 5.22. The van der Waals surface area contributed by atoms with Gasteiger partial charge in [-0.1, -0.05) is 35.0 Å². The Morgan fingerprint density at radius 3 is 2.57 bits per heavy atom. The number of hydrogen-bond donors (Lipinski definition) is 1. The van der Waals surface area contributed by atoms with Crippen molar-refractivity contribution in [1.82, 2.24) is 9.80 Å². The van der Waals surface area contributed by atoms with Crippen LogP contribution in [0.4, 0.5) is 0 Å². The number of carbonyl (C=O) groups is 1. The average Bonchev–Trinajstić information content (AvgIpc) is 2.91. The quantitative estimate of drug-likeness (QED) is 0.821. The topological polar surface area (TPSA) is 49.6 Å². The number of nitrogens with zero attached hydrogens (tertiary/aromatic N) is 2. The molecule has 1 amide bonds. The Balaban J connectivity index is 0.00000264. The fourth-order valence-electron chi connectivity index (χ4n) is 2.98. The van der Waals surface area contributed by atoms with Crippen molar-refractivity contribution in [1.29, 1.82) is 0 Å². The molecule has 0 aliphatic carbocycles. The third kappa shape index (κ3) is 5.18. The highest BCUT2D eigenvalue weighted by Gasteiger charge is 2.37. The van der Waals surface area contributed by atoms with Crippen molar-refractivity contribution in [2.75, 3.05) is 26.7 Å². The Hall–Kier alpha value is -0.620. The number of benzene rings is 1. The van der Waals surface area contributed by atoms with E-state index >= 15 is 0 Å². The van der Waals surface area contributed by atoms with Gasteiger partial charge in [0.2, 0.25) is 5.91 Å². The van der Waals surface area contributed by atoms with Crippen molar-refractivity contribution in [3.05, 3.63) is 34.3 Å². The maximum atomic E-state index is 12.6. The van der Waals surface area contributed by atoms with Gasteiger partial charge in [0.05, 0.1) is 6.04 Å². The zero-order valence-electron chi connectivity index (χ0n) is 14.1. The Morgan fingerprint density at radius 1 is 1.43 bits per heavy atom. The predicted octanol–water partition coefficient (Wildman–Crippen LogP) is 2.89. The van der Waals surface area contributed by atoms with Crippen molar-refractivity contribution in [2.24, 2.45) is 11.1 Å². The van der Waals surface area contributed by atoms with Gasteiger partial charge in [-0.15, -0.1) is 12.4 Å². The molecular formula is C17H27BrClN3O. The van der Waals surface area contributed by atoms with E-state index in [1.54, 1.807) is 0 Å². The molecule has 1 aromatic rings. The second-order valence-electron chi connectivity index (χ2n) is 6.73. The first kappa shape index (κ1) is 20.4. The second kappa shape index (κ2) is 8.47. The summed E-state index contributed by atoms with van der Waals surface area (Å²) in [7, 11) is 1.87. The van der Waals surface area contributed by atoms with Crippen LogP contribution in [0.15, 0.2) is 28.7 Å². The van der Waals surface area contributed by atoms with Crippen LogP contribution < -0.4 is 5.73 Å². The number of halogens is 2. The maximum Gasteiger partial charge on any atom is 0.239 e. The van der Waals surface area contributed by atoms with Crippen molar-refractivity contribution in [3.63, 3.8) is 0 Å². The molecule has 0 saturated carbocycles. The van der Waals surface area contributed by atoms with Gasteiger partial charge in [-0.3, -0.25) is 9.69 Å². The third-order valence-electron chi connectivity index (χ3n) is 4.69.